The zero-order valence-corrected chi connectivity index (χ0v) is 15.0. The molecule has 2 aromatic heterocycles. The number of hydrogen-bond donors (Lipinski definition) is 1. The molecule has 1 amide bonds. The topological polar surface area (TPSA) is 55.1 Å². The number of halogens is 1. The Hall–Kier alpha value is -1.66. The summed E-state index contributed by atoms with van der Waals surface area (Å²) in [6.07, 6.45) is 2.49. The maximum Gasteiger partial charge on any atom is 0.287 e. The highest BCUT2D eigenvalue weighted by Gasteiger charge is 2.26. The van der Waals surface area contributed by atoms with Gasteiger partial charge in [-0.25, -0.2) is 4.98 Å². The second-order valence-corrected chi connectivity index (χ2v) is 7.64. The van der Waals surface area contributed by atoms with Crippen molar-refractivity contribution in [3.8, 4) is 0 Å². The Morgan fingerprint density at radius 1 is 1.48 bits per heavy atom. The van der Waals surface area contributed by atoms with E-state index in [1.54, 1.807) is 11.3 Å². The van der Waals surface area contributed by atoms with Gasteiger partial charge in [-0.15, -0.1) is 11.3 Å². The van der Waals surface area contributed by atoms with Crippen molar-refractivity contribution in [2.45, 2.75) is 32.2 Å². The van der Waals surface area contributed by atoms with Crippen LogP contribution in [0.3, 0.4) is 0 Å². The molecule has 2 heterocycles. The maximum atomic E-state index is 12.4. The van der Waals surface area contributed by atoms with Crippen LogP contribution >= 0.6 is 27.3 Å². The molecule has 0 spiro atoms. The van der Waals surface area contributed by atoms with Gasteiger partial charge < -0.3 is 9.73 Å². The molecular formula is C17H15BrN2O2S. The first kappa shape index (κ1) is 14.9. The summed E-state index contributed by atoms with van der Waals surface area (Å²) in [5.41, 5.74) is 2.50. The van der Waals surface area contributed by atoms with E-state index in [0.717, 1.165) is 26.7 Å². The van der Waals surface area contributed by atoms with Crippen molar-refractivity contribution in [2.75, 3.05) is 0 Å². The minimum atomic E-state index is -0.198. The summed E-state index contributed by atoms with van der Waals surface area (Å²) in [6.45, 7) is 2.34. The molecule has 23 heavy (non-hydrogen) atoms. The monoisotopic (exact) mass is 390 g/mol. The van der Waals surface area contributed by atoms with E-state index in [1.807, 2.05) is 30.5 Å². The van der Waals surface area contributed by atoms with Crippen LogP contribution in [0.25, 0.3) is 11.0 Å². The van der Waals surface area contributed by atoms with Gasteiger partial charge >= 0.3 is 0 Å². The summed E-state index contributed by atoms with van der Waals surface area (Å²) < 4.78 is 6.68. The molecule has 1 aliphatic rings. The summed E-state index contributed by atoms with van der Waals surface area (Å²) in [7, 11) is 0. The van der Waals surface area contributed by atoms with Crippen LogP contribution in [0.4, 0.5) is 0 Å². The van der Waals surface area contributed by atoms with Crippen molar-refractivity contribution in [1.82, 2.24) is 10.3 Å². The normalized spacial score (nSPS) is 14.3. The Labute approximate surface area is 146 Å². The van der Waals surface area contributed by atoms with Crippen molar-refractivity contribution >= 4 is 44.1 Å². The largest absolute Gasteiger partial charge is 0.451 e. The molecule has 118 valence electrons. The predicted octanol–water partition coefficient (Wildman–Crippen LogP) is 4.77. The molecule has 1 aliphatic carbocycles. The highest BCUT2D eigenvalue weighted by Crippen LogP contribution is 2.41. The summed E-state index contributed by atoms with van der Waals surface area (Å²) >= 11 is 5.13. The van der Waals surface area contributed by atoms with Gasteiger partial charge in [0.15, 0.2) is 5.76 Å². The molecule has 0 bridgehead atoms. The number of rotatable bonds is 4. The highest BCUT2D eigenvalue weighted by atomic mass is 79.9. The summed E-state index contributed by atoms with van der Waals surface area (Å²) in [5.74, 6) is 0.826. The Morgan fingerprint density at radius 2 is 2.30 bits per heavy atom. The van der Waals surface area contributed by atoms with Crippen molar-refractivity contribution in [1.29, 1.82) is 0 Å². The van der Waals surface area contributed by atoms with Gasteiger partial charge in [0.1, 0.15) is 5.58 Å². The van der Waals surface area contributed by atoms with Gasteiger partial charge in [-0.3, -0.25) is 4.79 Å². The predicted molar refractivity (Wildman–Crippen MR) is 93.9 cm³/mol. The fourth-order valence-electron chi connectivity index (χ4n) is 2.58. The average molecular weight is 391 g/mol. The quantitative estimate of drug-likeness (QED) is 0.697. The fraction of sp³-hybridized carbons (Fsp3) is 0.294. The zero-order valence-electron chi connectivity index (χ0n) is 12.6. The first-order valence-corrected chi connectivity index (χ1v) is 9.20. The summed E-state index contributed by atoms with van der Waals surface area (Å²) in [4.78, 5) is 17.0. The molecule has 1 N–H and O–H groups in total. The van der Waals surface area contributed by atoms with Gasteiger partial charge in [0.05, 0.1) is 17.2 Å². The molecule has 6 heteroatoms. The van der Waals surface area contributed by atoms with E-state index in [2.05, 4.69) is 26.2 Å². The first-order chi connectivity index (χ1) is 11.1. The third-order valence-corrected chi connectivity index (χ3v) is 5.58. The minimum Gasteiger partial charge on any atom is -0.451 e. The van der Waals surface area contributed by atoms with E-state index in [0.29, 0.717) is 18.2 Å². The number of furan rings is 1. The van der Waals surface area contributed by atoms with Crippen molar-refractivity contribution in [3.63, 3.8) is 0 Å². The van der Waals surface area contributed by atoms with Gasteiger partial charge in [-0.1, -0.05) is 15.9 Å². The highest BCUT2D eigenvalue weighted by molar-refractivity contribution is 9.10. The molecule has 4 nitrogen and oxygen atoms in total. The number of aryl methyl sites for hydroxylation is 1. The molecule has 1 fully saturated rings. The molecule has 3 aromatic rings. The summed E-state index contributed by atoms with van der Waals surface area (Å²) in [5, 5.41) is 7.07. The number of benzene rings is 1. The Kier molecular flexibility index (Phi) is 3.73. The second kappa shape index (κ2) is 5.76. The SMILES string of the molecule is Cc1c(C(=O)NCc2csc(C3CC3)n2)oc2ccc(Br)cc12. The zero-order chi connectivity index (χ0) is 16.0. The van der Waals surface area contributed by atoms with Crippen LogP contribution in [0.2, 0.25) is 0 Å². The third-order valence-electron chi connectivity index (χ3n) is 4.03. The fourth-order valence-corrected chi connectivity index (χ4v) is 3.93. The van der Waals surface area contributed by atoms with Crippen LogP contribution < -0.4 is 5.32 Å². The van der Waals surface area contributed by atoms with E-state index >= 15 is 0 Å². The Bertz CT molecular complexity index is 895. The smallest absolute Gasteiger partial charge is 0.287 e. The van der Waals surface area contributed by atoms with Crippen molar-refractivity contribution < 1.29 is 9.21 Å². The third kappa shape index (κ3) is 2.93. The Balaban J connectivity index is 1.50. The number of aromatic nitrogens is 1. The molecule has 1 aromatic carbocycles. The van der Waals surface area contributed by atoms with Gasteiger partial charge in [0.25, 0.3) is 5.91 Å². The van der Waals surface area contributed by atoms with Crippen molar-refractivity contribution in [3.05, 3.63) is 50.1 Å². The number of nitrogens with zero attached hydrogens (tertiary/aromatic N) is 1. The molecule has 0 saturated heterocycles. The number of fused-ring (bicyclic) bond motifs is 1. The number of carbonyl (C=O) groups excluding carboxylic acids is 1. The molecule has 1 saturated carbocycles. The van der Waals surface area contributed by atoms with E-state index in [-0.39, 0.29) is 5.91 Å². The standard InChI is InChI=1S/C17H15BrN2O2S/c1-9-13-6-11(18)4-5-14(13)22-15(9)16(21)19-7-12-8-23-17(20-12)10-2-3-10/h4-6,8,10H,2-3,7H2,1H3,(H,19,21). The number of carbonyl (C=O) groups is 1. The van der Waals surface area contributed by atoms with E-state index in [1.165, 1.54) is 17.8 Å². The maximum absolute atomic E-state index is 12.4. The van der Waals surface area contributed by atoms with Gasteiger partial charge in [0, 0.05) is 26.7 Å². The van der Waals surface area contributed by atoms with Gasteiger partial charge in [-0.2, -0.15) is 0 Å². The van der Waals surface area contributed by atoms with E-state index in [4.69, 9.17) is 4.42 Å². The number of hydrogen-bond acceptors (Lipinski definition) is 4. The van der Waals surface area contributed by atoms with E-state index in [9.17, 15) is 4.79 Å². The molecule has 0 radical (unpaired) electrons. The van der Waals surface area contributed by atoms with Crippen molar-refractivity contribution in [2.24, 2.45) is 0 Å². The molecule has 0 aliphatic heterocycles. The lowest BCUT2D eigenvalue weighted by Crippen LogP contribution is -2.23. The van der Waals surface area contributed by atoms with Gasteiger partial charge in [-0.05, 0) is 38.0 Å². The molecule has 0 atom stereocenters. The number of thiazole rings is 1. The number of amides is 1. The van der Waals surface area contributed by atoms with Crippen LogP contribution in [-0.2, 0) is 6.54 Å². The lowest BCUT2D eigenvalue weighted by molar-refractivity contribution is 0.0924. The van der Waals surface area contributed by atoms with Crippen LogP contribution in [0.5, 0.6) is 0 Å². The lowest BCUT2D eigenvalue weighted by atomic mass is 10.1. The van der Waals surface area contributed by atoms with Crippen LogP contribution in [0.1, 0.15) is 45.6 Å². The minimum absolute atomic E-state index is 0.198. The lowest BCUT2D eigenvalue weighted by Gasteiger charge is -2.01. The second-order valence-electron chi connectivity index (χ2n) is 5.83. The average Bonchev–Trinajstić information content (AvgIpc) is 3.20. The Morgan fingerprint density at radius 3 is 3.09 bits per heavy atom. The molecule has 0 unspecified atom stereocenters. The van der Waals surface area contributed by atoms with Crippen LogP contribution in [-0.4, -0.2) is 10.9 Å². The summed E-state index contributed by atoms with van der Waals surface area (Å²) in [6, 6.07) is 5.74. The van der Waals surface area contributed by atoms with Crippen LogP contribution in [0, 0.1) is 6.92 Å². The van der Waals surface area contributed by atoms with Crippen LogP contribution in [0.15, 0.2) is 32.5 Å². The first-order valence-electron chi connectivity index (χ1n) is 7.53. The molecular weight excluding hydrogens is 376 g/mol. The van der Waals surface area contributed by atoms with E-state index < -0.39 is 0 Å². The molecule has 4 rings (SSSR count). The number of nitrogens with one attached hydrogen (secondary N) is 1. The van der Waals surface area contributed by atoms with Gasteiger partial charge in [0.2, 0.25) is 0 Å².